The van der Waals surface area contributed by atoms with Crippen LogP contribution in [0.1, 0.15) is 22.6 Å². The third-order valence-electron chi connectivity index (χ3n) is 2.50. The Kier molecular flexibility index (Phi) is 3.39. The van der Waals surface area contributed by atoms with Gasteiger partial charge in [-0.1, -0.05) is 12.1 Å². The fraction of sp³-hybridized carbons (Fsp3) is 0.154. The minimum Gasteiger partial charge on any atom is -0.369 e. The fourth-order valence-electron chi connectivity index (χ4n) is 1.66. The van der Waals surface area contributed by atoms with Crippen LogP contribution in [0.2, 0.25) is 0 Å². The van der Waals surface area contributed by atoms with Crippen molar-refractivity contribution in [3.8, 4) is 6.07 Å². The van der Waals surface area contributed by atoms with Gasteiger partial charge in [-0.15, -0.1) is 0 Å². The number of aromatic amines is 1. The molecule has 3 N–H and O–H groups in total. The van der Waals surface area contributed by atoms with E-state index < -0.39 is 0 Å². The molecule has 1 aromatic heterocycles. The molecular formula is C13H12N4O. The van der Waals surface area contributed by atoms with Crippen LogP contribution in [0.3, 0.4) is 0 Å². The first-order valence-electron chi connectivity index (χ1n) is 5.47. The third kappa shape index (κ3) is 2.95. The number of hydrogen-bond donors (Lipinski definition) is 2. The maximum atomic E-state index is 10.8. The molecule has 90 valence electrons. The van der Waals surface area contributed by atoms with Crippen LogP contribution in [0.25, 0.3) is 0 Å². The van der Waals surface area contributed by atoms with Crippen LogP contribution in [0.15, 0.2) is 30.5 Å². The Morgan fingerprint density at radius 1 is 1.39 bits per heavy atom. The second kappa shape index (κ2) is 5.15. The zero-order valence-electron chi connectivity index (χ0n) is 9.68. The van der Waals surface area contributed by atoms with Crippen LogP contribution in [0, 0.1) is 11.3 Å². The van der Waals surface area contributed by atoms with Gasteiger partial charge in [0.1, 0.15) is 5.82 Å². The lowest BCUT2D eigenvalue weighted by Gasteiger charge is -1.98. The molecule has 0 unspecified atom stereocenters. The first-order chi connectivity index (χ1) is 8.67. The summed E-state index contributed by atoms with van der Waals surface area (Å²) in [5.74, 6) is 0.388. The summed E-state index contributed by atoms with van der Waals surface area (Å²) in [6.45, 7) is 0. The molecule has 0 radical (unpaired) electrons. The van der Waals surface area contributed by atoms with Crippen molar-refractivity contribution in [3.05, 3.63) is 53.1 Å². The summed E-state index contributed by atoms with van der Waals surface area (Å²) in [5, 5.41) is 8.69. The van der Waals surface area contributed by atoms with Crippen molar-refractivity contribution >= 4 is 5.91 Å². The number of aromatic nitrogens is 2. The van der Waals surface area contributed by atoms with Gasteiger partial charge in [0.25, 0.3) is 0 Å². The largest absolute Gasteiger partial charge is 0.369 e. The standard InChI is InChI=1S/C13H12N4O/c14-7-10-3-1-9(2-4-10)5-13-16-8-11(17-13)6-12(15)18/h1-4,8H,5-6H2,(H2,15,18)(H,16,17). The zero-order chi connectivity index (χ0) is 13.0. The van der Waals surface area contributed by atoms with Gasteiger partial charge in [-0.25, -0.2) is 4.98 Å². The molecule has 0 atom stereocenters. The molecule has 1 aromatic carbocycles. The highest BCUT2D eigenvalue weighted by molar-refractivity contribution is 5.75. The van der Waals surface area contributed by atoms with Crippen LogP contribution < -0.4 is 5.73 Å². The van der Waals surface area contributed by atoms with Gasteiger partial charge >= 0.3 is 0 Å². The third-order valence-corrected chi connectivity index (χ3v) is 2.50. The van der Waals surface area contributed by atoms with Crippen LogP contribution in [0.4, 0.5) is 0 Å². The van der Waals surface area contributed by atoms with Crippen molar-refractivity contribution in [1.82, 2.24) is 9.97 Å². The van der Waals surface area contributed by atoms with E-state index in [1.807, 2.05) is 12.1 Å². The van der Waals surface area contributed by atoms with E-state index in [0.29, 0.717) is 17.7 Å². The predicted molar refractivity (Wildman–Crippen MR) is 65.4 cm³/mol. The molecule has 0 bridgehead atoms. The van der Waals surface area contributed by atoms with E-state index in [-0.39, 0.29) is 12.3 Å². The number of imidazole rings is 1. The first-order valence-corrected chi connectivity index (χ1v) is 5.47. The summed E-state index contributed by atoms with van der Waals surface area (Å²) in [4.78, 5) is 18.0. The second-order valence-electron chi connectivity index (χ2n) is 3.98. The highest BCUT2D eigenvalue weighted by Crippen LogP contribution is 2.08. The van der Waals surface area contributed by atoms with Gasteiger partial charge in [-0.05, 0) is 17.7 Å². The maximum absolute atomic E-state index is 10.8. The van der Waals surface area contributed by atoms with Gasteiger partial charge in [0.15, 0.2) is 0 Å². The maximum Gasteiger partial charge on any atom is 0.223 e. The number of rotatable bonds is 4. The number of nitrogens with zero attached hydrogens (tertiary/aromatic N) is 2. The van der Waals surface area contributed by atoms with Crippen molar-refractivity contribution in [2.24, 2.45) is 5.73 Å². The molecule has 18 heavy (non-hydrogen) atoms. The Balaban J connectivity index is 2.06. The molecule has 1 amide bonds. The molecule has 0 aliphatic heterocycles. The van der Waals surface area contributed by atoms with Crippen LogP contribution in [-0.2, 0) is 17.6 Å². The topological polar surface area (TPSA) is 95.6 Å². The Hall–Kier alpha value is -2.61. The number of amides is 1. The molecule has 0 saturated carbocycles. The van der Waals surface area contributed by atoms with Crippen LogP contribution >= 0.6 is 0 Å². The monoisotopic (exact) mass is 240 g/mol. The van der Waals surface area contributed by atoms with Crippen LogP contribution in [-0.4, -0.2) is 15.9 Å². The van der Waals surface area contributed by atoms with E-state index in [2.05, 4.69) is 16.0 Å². The van der Waals surface area contributed by atoms with E-state index in [9.17, 15) is 4.79 Å². The zero-order valence-corrected chi connectivity index (χ0v) is 9.68. The minimum atomic E-state index is -0.386. The molecule has 1 heterocycles. The summed E-state index contributed by atoms with van der Waals surface area (Å²) in [6, 6.07) is 9.37. The lowest BCUT2D eigenvalue weighted by molar-refractivity contribution is -0.117. The summed E-state index contributed by atoms with van der Waals surface area (Å²) in [5.41, 5.74) is 7.50. The van der Waals surface area contributed by atoms with E-state index in [4.69, 9.17) is 11.0 Å². The molecule has 2 aromatic rings. The Bertz CT molecular complexity index is 592. The van der Waals surface area contributed by atoms with Crippen molar-refractivity contribution in [1.29, 1.82) is 5.26 Å². The van der Waals surface area contributed by atoms with E-state index in [1.165, 1.54) is 0 Å². The molecule has 0 saturated heterocycles. The molecule has 5 heteroatoms. The van der Waals surface area contributed by atoms with Gasteiger partial charge in [0.05, 0.1) is 18.1 Å². The Labute approximate surface area is 104 Å². The highest BCUT2D eigenvalue weighted by atomic mass is 16.1. The summed E-state index contributed by atoms with van der Waals surface area (Å²) in [6.07, 6.45) is 2.41. The Morgan fingerprint density at radius 3 is 2.72 bits per heavy atom. The van der Waals surface area contributed by atoms with Gasteiger partial charge < -0.3 is 10.7 Å². The number of nitriles is 1. The molecule has 0 aliphatic carbocycles. The fourth-order valence-corrected chi connectivity index (χ4v) is 1.66. The summed E-state index contributed by atoms with van der Waals surface area (Å²) >= 11 is 0. The van der Waals surface area contributed by atoms with Crippen molar-refractivity contribution in [2.45, 2.75) is 12.8 Å². The van der Waals surface area contributed by atoms with Gasteiger partial charge in [-0.3, -0.25) is 4.79 Å². The molecule has 0 fully saturated rings. The summed E-state index contributed by atoms with van der Waals surface area (Å²) < 4.78 is 0. The lowest BCUT2D eigenvalue weighted by atomic mass is 10.1. The van der Waals surface area contributed by atoms with E-state index in [1.54, 1.807) is 18.3 Å². The average molecular weight is 240 g/mol. The van der Waals surface area contributed by atoms with E-state index in [0.717, 1.165) is 11.4 Å². The molecular weight excluding hydrogens is 228 g/mol. The number of primary amides is 1. The normalized spacial score (nSPS) is 9.94. The van der Waals surface area contributed by atoms with Crippen LogP contribution in [0.5, 0.6) is 0 Å². The average Bonchev–Trinajstić information content (AvgIpc) is 2.76. The van der Waals surface area contributed by atoms with Crippen molar-refractivity contribution in [3.63, 3.8) is 0 Å². The van der Waals surface area contributed by atoms with Crippen molar-refractivity contribution < 1.29 is 4.79 Å². The van der Waals surface area contributed by atoms with E-state index >= 15 is 0 Å². The number of carbonyl (C=O) groups excluding carboxylic acids is 1. The molecule has 0 spiro atoms. The van der Waals surface area contributed by atoms with Gasteiger partial charge in [0.2, 0.25) is 5.91 Å². The molecule has 2 rings (SSSR count). The number of carbonyl (C=O) groups is 1. The number of nitrogens with two attached hydrogens (primary N) is 1. The quantitative estimate of drug-likeness (QED) is 0.831. The number of hydrogen-bond acceptors (Lipinski definition) is 3. The minimum absolute atomic E-state index is 0.167. The predicted octanol–water partition coefficient (Wildman–Crippen LogP) is 0.900. The van der Waals surface area contributed by atoms with Gasteiger partial charge in [0, 0.05) is 18.3 Å². The molecule has 0 aliphatic rings. The second-order valence-corrected chi connectivity index (χ2v) is 3.98. The Morgan fingerprint density at radius 2 is 2.11 bits per heavy atom. The highest BCUT2D eigenvalue weighted by Gasteiger charge is 2.04. The first kappa shape index (κ1) is 11.9. The smallest absolute Gasteiger partial charge is 0.223 e. The lowest BCUT2D eigenvalue weighted by Crippen LogP contribution is -2.13. The number of nitrogens with one attached hydrogen (secondary N) is 1. The number of H-pyrrole nitrogens is 1. The number of benzene rings is 1. The van der Waals surface area contributed by atoms with Crippen molar-refractivity contribution in [2.75, 3.05) is 0 Å². The summed E-state index contributed by atoms with van der Waals surface area (Å²) in [7, 11) is 0. The molecule has 5 nitrogen and oxygen atoms in total. The SMILES string of the molecule is N#Cc1ccc(Cc2ncc(CC(N)=O)[nH]2)cc1. The van der Waals surface area contributed by atoms with Gasteiger partial charge in [-0.2, -0.15) is 5.26 Å².